The van der Waals surface area contributed by atoms with E-state index < -0.39 is 5.82 Å². The van der Waals surface area contributed by atoms with E-state index in [4.69, 9.17) is 0 Å². The maximum absolute atomic E-state index is 13.9. The molecule has 1 amide bonds. The van der Waals surface area contributed by atoms with Crippen LogP contribution < -0.4 is 5.32 Å². The van der Waals surface area contributed by atoms with E-state index in [1.807, 2.05) is 18.2 Å². The average molecular weight is 392 g/mol. The van der Waals surface area contributed by atoms with Crippen LogP contribution in [-0.2, 0) is 13.1 Å². The van der Waals surface area contributed by atoms with Crippen molar-refractivity contribution in [2.45, 2.75) is 45.3 Å². The molecule has 0 saturated carbocycles. The molecule has 2 aromatic carbocycles. The first-order chi connectivity index (χ1) is 14.1. The highest BCUT2D eigenvalue weighted by Gasteiger charge is 2.19. The van der Waals surface area contributed by atoms with E-state index in [1.54, 1.807) is 0 Å². The molecule has 1 N–H and O–H groups in total. The summed E-state index contributed by atoms with van der Waals surface area (Å²) in [6.07, 6.45) is 6.75. The summed E-state index contributed by atoms with van der Waals surface area (Å²) < 4.78 is 13.9. The first-order valence-corrected chi connectivity index (χ1v) is 10.1. The third kappa shape index (κ3) is 4.43. The number of piperidine rings is 1. The topological polar surface area (TPSA) is 58.1 Å². The molecule has 4 rings (SSSR count). The van der Waals surface area contributed by atoms with E-state index in [2.05, 4.69) is 33.2 Å². The van der Waals surface area contributed by atoms with Crippen molar-refractivity contribution >= 4 is 16.9 Å². The number of nitrogens with one attached hydrogen (secondary N) is 1. The average Bonchev–Trinajstić information content (AvgIpc) is 2.74. The van der Waals surface area contributed by atoms with Crippen molar-refractivity contribution in [3.63, 3.8) is 0 Å². The van der Waals surface area contributed by atoms with Gasteiger partial charge in [-0.2, -0.15) is 0 Å². The molecule has 1 aliphatic rings. The van der Waals surface area contributed by atoms with Gasteiger partial charge in [0.15, 0.2) is 0 Å². The molecule has 2 heterocycles. The Morgan fingerprint density at radius 3 is 2.79 bits per heavy atom. The van der Waals surface area contributed by atoms with Crippen LogP contribution in [0, 0.1) is 5.82 Å². The van der Waals surface area contributed by atoms with Gasteiger partial charge in [-0.1, -0.05) is 30.7 Å². The van der Waals surface area contributed by atoms with E-state index in [-0.39, 0.29) is 11.5 Å². The van der Waals surface area contributed by atoms with Crippen LogP contribution >= 0.6 is 0 Å². The van der Waals surface area contributed by atoms with E-state index in [0.717, 1.165) is 18.7 Å². The fraction of sp³-hybridized carbons (Fsp3) is 0.348. The summed E-state index contributed by atoms with van der Waals surface area (Å²) >= 11 is 0. The minimum Gasteiger partial charge on any atom is -0.348 e. The number of halogens is 1. The molecular weight excluding hydrogens is 367 g/mol. The number of aromatic nitrogens is 2. The molecule has 5 nitrogen and oxygen atoms in total. The van der Waals surface area contributed by atoms with Gasteiger partial charge in [0.05, 0.1) is 11.1 Å². The normalized spacial score (nSPS) is 17.4. The highest BCUT2D eigenvalue weighted by atomic mass is 19.1. The quantitative estimate of drug-likeness (QED) is 0.711. The minimum absolute atomic E-state index is 0.204. The molecule has 0 bridgehead atoms. The van der Waals surface area contributed by atoms with E-state index in [1.165, 1.54) is 49.4 Å². The first-order valence-electron chi connectivity index (χ1n) is 10.1. The highest BCUT2D eigenvalue weighted by Crippen LogP contribution is 2.21. The standard InChI is InChI=1S/C23H25FN4O/c1-16-6-4-5-11-28(16)15-18-8-3-2-7-17(18)14-27-23(29)20-12-19(24)13-21-22(20)26-10-9-25-21/h2-3,7-10,12-13,16H,4-6,11,14-15H2,1H3,(H,27,29). The molecule has 3 aromatic rings. The summed E-state index contributed by atoms with van der Waals surface area (Å²) in [4.78, 5) is 23.6. The van der Waals surface area contributed by atoms with Gasteiger partial charge >= 0.3 is 0 Å². The molecule has 1 fully saturated rings. The second kappa shape index (κ2) is 8.66. The molecule has 150 valence electrons. The molecule has 1 aromatic heterocycles. The Kier molecular flexibility index (Phi) is 5.81. The van der Waals surface area contributed by atoms with Crippen molar-refractivity contribution in [2.75, 3.05) is 6.54 Å². The molecule has 0 spiro atoms. The van der Waals surface area contributed by atoms with Crippen LogP contribution in [0.1, 0.15) is 47.7 Å². The Hall–Kier alpha value is -2.86. The maximum atomic E-state index is 13.9. The molecule has 0 aliphatic carbocycles. The number of hydrogen-bond acceptors (Lipinski definition) is 4. The number of rotatable bonds is 5. The molecule has 0 radical (unpaired) electrons. The lowest BCUT2D eigenvalue weighted by Crippen LogP contribution is -2.37. The largest absolute Gasteiger partial charge is 0.348 e. The number of carbonyl (C=O) groups is 1. The minimum atomic E-state index is -0.498. The van der Waals surface area contributed by atoms with Crippen molar-refractivity contribution in [1.82, 2.24) is 20.2 Å². The van der Waals surface area contributed by atoms with Gasteiger partial charge in [-0.3, -0.25) is 19.7 Å². The van der Waals surface area contributed by atoms with Crippen molar-refractivity contribution in [3.8, 4) is 0 Å². The van der Waals surface area contributed by atoms with E-state index in [0.29, 0.717) is 23.6 Å². The number of benzene rings is 2. The van der Waals surface area contributed by atoms with Crippen LogP contribution in [0.2, 0.25) is 0 Å². The predicted molar refractivity (Wildman–Crippen MR) is 111 cm³/mol. The molecule has 1 unspecified atom stereocenters. The second-order valence-electron chi connectivity index (χ2n) is 7.64. The lowest BCUT2D eigenvalue weighted by molar-refractivity contribution is 0.0951. The molecule has 1 saturated heterocycles. The summed E-state index contributed by atoms with van der Waals surface area (Å²) in [7, 11) is 0. The Bertz CT molecular complexity index is 1020. The van der Waals surface area contributed by atoms with Crippen molar-refractivity contribution in [1.29, 1.82) is 0 Å². The van der Waals surface area contributed by atoms with Gasteiger partial charge in [0.2, 0.25) is 0 Å². The zero-order valence-electron chi connectivity index (χ0n) is 16.6. The Morgan fingerprint density at radius 2 is 1.97 bits per heavy atom. The molecule has 1 atom stereocenters. The van der Waals surface area contributed by atoms with Gasteiger partial charge in [-0.25, -0.2) is 4.39 Å². The van der Waals surface area contributed by atoms with Gasteiger partial charge in [0, 0.05) is 37.6 Å². The van der Waals surface area contributed by atoms with Crippen LogP contribution in [0.3, 0.4) is 0 Å². The number of amides is 1. The van der Waals surface area contributed by atoms with Crippen molar-refractivity contribution in [3.05, 3.63) is 71.3 Å². The lowest BCUT2D eigenvalue weighted by Gasteiger charge is -2.33. The SMILES string of the molecule is CC1CCCCN1Cc1ccccc1CNC(=O)c1cc(F)cc2nccnc12. The Labute approximate surface area is 170 Å². The van der Waals surface area contributed by atoms with Gasteiger partial charge < -0.3 is 5.32 Å². The van der Waals surface area contributed by atoms with Crippen LogP contribution in [0.15, 0.2) is 48.8 Å². The fourth-order valence-corrected chi connectivity index (χ4v) is 3.98. The van der Waals surface area contributed by atoms with Gasteiger partial charge in [-0.15, -0.1) is 0 Å². The number of carbonyl (C=O) groups excluding carboxylic acids is 1. The molecule has 1 aliphatic heterocycles. The lowest BCUT2D eigenvalue weighted by atomic mass is 10.0. The zero-order valence-corrected chi connectivity index (χ0v) is 16.6. The van der Waals surface area contributed by atoms with Gasteiger partial charge in [-0.05, 0) is 43.5 Å². The first kappa shape index (κ1) is 19.5. The van der Waals surface area contributed by atoms with Gasteiger partial charge in [0.1, 0.15) is 11.3 Å². The van der Waals surface area contributed by atoms with Crippen LogP contribution in [-0.4, -0.2) is 33.4 Å². The summed E-state index contributed by atoms with van der Waals surface area (Å²) in [5.41, 5.74) is 3.27. The summed E-state index contributed by atoms with van der Waals surface area (Å²) in [5, 5.41) is 2.93. The number of likely N-dealkylation sites (tertiary alicyclic amines) is 1. The number of fused-ring (bicyclic) bond motifs is 1. The summed E-state index contributed by atoms with van der Waals surface area (Å²) in [6, 6.07) is 11.2. The van der Waals surface area contributed by atoms with Crippen LogP contribution in [0.5, 0.6) is 0 Å². The Balaban J connectivity index is 1.51. The smallest absolute Gasteiger partial charge is 0.253 e. The molecule has 29 heavy (non-hydrogen) atoms. The monoisotopic (exact) mass is 392 g/mol. The third-order valence-corrected chi connectivity index (χ3v) is 5.65. The van der Waals surface area contributed by atoms with Crippen molar-refractivity contribution in [2.24, 2.45) is 0 Å². The van der Waals surface area contributed by atoms with Gasteiger partial charge in [0.25, 0.3) is 5.91 Å². The van der Waals surface area contributed by atoms with E-state index >= 15 is 0 Å². The fourth-order valence-electron chi connectivity index (χ4n) is 3.98. The zero-order chi connectivity index (χ0) is 20.2. The molecule has 6 heteroatoms. The predicted octanol–water partition coefficient (Wildman–Crippen LogP) is 4.07. The summed E-state index contributed by atoms with van der Waals surface area (Å²) in [5.74, 6) is -0.848. The molecular formula is C23H25FN4O. The maximum Gasteiger partial charge on any atom is 0.253 e. The second-order valence-corrected chi connectivity index (χ2v) is 7.64. The third-order valence-electron chi connectivity index (χ3n) is 5.65. The van der Waals surface area contributed by atoms with Crippen molar-refractivity contribution < 1.29 is 9.18 Å². The van der Waals surface area contributed by atoms with E-state index in [9.17, 15) is 9.18 Å². The Morgan fingerprint density at radius 1 is 1.17 bits per heavy atom. The van der Waals surface area contributed by atoms with Crippen LogP contribution in [0.4, 0.5) is 4.39 Å². The number of nitrogens with zero attached hydrogens (tertiary/aromatic N) is 3. The number of hydrogen-bond donors (Lipinski definition) is 1. The van der Waals surface area contributed by atoms with Crippen LogP contribution in [0.25, 0.3) is 11.0 Å². The summed E-state index contributed by atoms with van der Waals surface area (Å²) in [6.45, 7) is 4.65. The highest BCUT2D eigenvalue weighted by molar-refractivity contribution is 6.04.